The Kier molecular flexibility index (Phi) is 6.89. The third-order valence-corrected chi connectivity index (χ3v) is 3.88. The smallest absolute Gasteiger partial charge is 0.224 e. The summed E-state index contributed by atoms with van der Waals surface area (Å²) in [5, 5.41) is 2.90. The summed E-state index contributed by atoms with van der Waals surface area (Å²) in [6, 6.07) is 5.68. The van der Waals surface area contributed by atoms with Gasteiger partial charge in [0.25, 0.3) is 0 Å². The molecule has 1 aromatic rings. The van der Waals surface area contributed by atoms with E-state index in [9.17, 15) is 4.79 Å². The van der Waals surface area contributed by atoms with Crippen LogP contribution in [-0.4, -0.2) is 12.5 Å². The molecule has 0 aromatic heterocycles. The molecule has 0 aliphatic heterocycles. The van der Waals surface area contributed by atoms with Gasteiger partial charge in [0.15, 0.2) is 0 Å². The van der Waals surface area contributed by atoms with Crippen molar-refractivity contribution >= 4 is 43.5 Å². The molecular formula is C13H18Br2N2O. The molecule has 0 spiro atoms. The first-order valence-electron chi connectivity index (χ1n) is 5.98. The van der Waals surface area contributed by atoms with Crippen molar-refractivity contribution in [2.24, 2.45) is 11.7 Å². The number of anilines is 1. The monoisotopic (exact) mass is 376 g/mol. The third kappa shape index (κ3) is 5.50. The van der Waals surface area contributed by atoms with Gasteiger partial charge >= 0.3 is 0 Å². The van der Waals surface area contributed by atoms with Gasteiger partial charge in [0, 0.05) is 15.4 Å². The summed E-state index contributed by atoms with van der Waals surface area (Å²) in [6.07, 6.45) is 2.37. The summed E-state index contributed by atoms with van der Waals surface area (Å²) >= 11 is 6.79. The first-order chi connectivity index (χ1) is 8.52. The van der Waals surface area contributed by atoms with E-state index in [-0.39, 0.29) is 5.91 Å². The second-order valence-corrected chi connectivity index (χ2v) is 6.16. The molecule has 3 nitrogen and oxygen atoms in total. The van der Waals surface area contributed by atoms with E-state index in [0.717, 1.165) is 27.5 Å². The molecule has 1 atom stereocenters. The standard InChI is InChI=1S/C13H18Br2N2O/c1-9(6-7-16)2-5-13(18)17-12-4-3-10(14)8-11(12)15/h3-4,8-9H,2,5-7,16H2,1H3,(H,17,18). The lowest BCUT2D eigenvalue weighted by molar-refractivity contribution is -0.116. The van der Waals surface area contributed by atoms with E-state index < -0.39 is 0 Å². The molecule has 1 rings (SSSR count). The first-order valence-corrected chi connectivity index (χ1v) is 7.56. The molecule has 0 radical (unpaired) electrons. The van der Waals surface area contributed by atoms with Gasteiger partial charge in [-0.05, 0) is 59.4 Å². The van der Waals surface area contributed by atoms with Gasteiger partial charge in [-0.3, -0.25) is 4.79 Å². The lowest BCUT2D eigenvalue weighted by atomic mass is 10.0. The molecular weight excluding hydrogens is 360 g/mol. The normalized spacial score (nSPS) is 12.2. The highest BCUT2D eigenvalue weighted by Crippen LogP contribution is 2.26. The van der Waals surface area contributed by atoms with Crippen molar-refractivity contribution in [2.45, 2.75) is 26.2 Å². The van der Waals surface area contributed by atoms with Gasteiger partial charge in [-0.2, -0.15) is 0 Å². The van der Waals surface area contributed by atoms with Crippen LogP contribution in [0.4, 0.5) is 5.69 Å². The molecule has 1 unspecified atom stereocenters. The van der Waals surface area contributed by atoms with Crippen molar-refractivity contribution in [3.05, 3.63) is 27.1 Å². The van der Waals surface area contributed by atoms with Crippen molar-refractivity contribution in [1.29, 1.82) is 0 Å². The lowest BCUT2D eigenvalue weighted by Gasteiger charge is -2.11. The van der Waals surface area contributed by atoms with Crippen LogP contribution in [0.5, 0.6) is 0 Å². The number of carbonyl (C=O) groups is 1. The van der Waals surface area contributed by atoms with E-state index in [2.05, 4.69) is 44.1 Å². The van der Waals surface area contributed by atoms with Crippen LogP contribution in [-0.2, 0) is 4.79 Å². The number of hydrogen-bond acceptors (Lipinski definition) is 2. The Hall–Kier alpha value is -0.390. The zero-order valence-corrected chi connectivity index (χ0v) is 13.6. The van der Waals surface area contributed by atoms with Crippen molar-refractivity contribution in [3.8, 4) is 0 Å². The highest BCUT2D eigenvalue weighted by molar-refractivity contribution is 9.11. The van der Waals surface area contributed by atoms with Crippen molar-refractivity contribution in [1.82, 2.24) is 0 Å². The number of amides is 1. The number of rotatable bonds is 6. The van der Waals surface area contributed by atoms with Crippen LogP contribution >= 0.6 is 31.9 Å². The Labute approximate surface area is 125 Å². The van der Waals surface area contributed by atoms with E-state index in [0.29, 0.717) is 18.9 Å². The predicted molar refractivity (Wildman–Crippen MR) is 82.5 cm³/mol. The Bertz CT molecular complexity index is 410. The number of halogens is 2. The first kappa shape index (κ1) is 15.7. The maximum Gasteiger partial charge on any atom is 0.224 e. The summed E-state index contributed by atoms with van der Waals surface area (Å²) in [7, 11) is 0. The van der Waals surface area contributed by atoms with Gasteiger partial charge in [0.1, 0.15) is 0 Å². The van der Waals surface area contributed by atoms with Gasteiger partial charge in [-0.15, -0.1) is 0 Å². The maximum absolute atomic E-state index is 11.8. The molecule has 100 valence electrons. The van der Waals surface area contributed by atoms with Crippen LogP contribution in [0.2, 0.25) is 0 Å². The molecule has 0 saturated heterocycles. The fraction of sp³-hybridized carbons (Fsp3) is 0.462. The number of carbonyl (C=O) groups excluding carboxylic acids is 1. The van der Waals surface area contributed by atoms with Gasteiger partial charge in [0.2, 0.25) is 5.91 Å². The largest absolute Gasteiger partial charge is 0.330 e. The van der Waals surface area contributed by atoms with Crippen LogP contribution in [0.3, 0.4) is 0 Å². The molecule has 18 heavy (non-hydrogen) atoms. The van der Waals surface area contributed by atoms with Crippen LogP contribution in [0, 0.1) is 5.92 Å². The Morgan fingerprint density at radius 1 is 1.39 bits per heavy atom. The average molecular weight is 378 g/mol. The number of hydrogen-bond donors (Lipinski definition) is 2. The van der Waals surface area contributed by atoms with Crippen LogP contribution in [0.15, 0.2) is 27.1 Å². The summed E-state index contributed by atoms with van der Waals surface area (Å²) < 4.78 is 1.85. The third-order valence-electron chi connectivity index (χ3n) is 2.73. The fourth-order valence-electron chi connectivity index (χ4n) is 1.61. The number of benzene rings is 1. The number of nitrogens with one attached hydrogen (secondary N) is 1. The van der Waals surface area contributed by atoms with E-state index in [1.54, 1.807) is 0 Å². The van der Waals surface area contributed by atoms with E-state index >= 15 is 0 Å². The Balaban J connectivity index is 2.44. The van der Waals surface area contributed by atoms with Gasteiger partial charge < -0.3 is 11.1 Å². The summed E-state index contributed by atoms with van der Waals surface area (Å²) in [6.45, 7) is 2.80. The molecule has 1 amide bonds. The highest BCUT2D eigenvalue weighted by atomic mass is 79.9. The quantitative estimate of drug-likeness (QED) is 0.789. The second-order valence-electron chi connectivity index (χ2n) is 4.39. The maximum atomic E-state index is 11.8. The molecule has 1 aromatic carbocycles. The lowest BCUT2D eigenvalue weighted by Crippen LogP contribution is -2.14. The topological polar surface area (TPSA) is 55.1 Å². The molecule has 0 aliphatic rings. The van der Waals surface area contributed by atoms with Crippen molar-refractivity contribution in [2.75, 3.05) is 11.9 Å². The second kappa shape index (κ2) is 7.92. The zero-order chi connectivity index (χ0) is 13.5. The van der Waals surface area contributed by atoms with Crippen LogP contribution in [0.25, 0.3) is 0 Å². The molecule has 0 bridgehead atoms. The van der Waals surface area contributed by atoms with Gasteiger partial charge in [0.05, 0.1) is 5.69 Å². The minimum Gasteiger partial charge on any atom is -0.330 e. The average Bonchev–Trinajstić information content (AvgIpc) is 2.31. The van der Waals surface area contributed by atoms with Gasteiger partial charge in [-0.1, -0.05) is 22.9 Å². The molecule has 3 N–H and O–H groups in total. The fourth-order valence-corrected chi connectivity index (χ4v) is 2.76. The highest BCUT2D eigenvalue weighted by Gasteiger charge is 2.08. The number of nitrogens with two attached hydrogens (primary N) is 1. The molecule has 5 heteroatoms. The molecule has 0 saturated carbocycles. The summed E-state index contributed by atoms with van der Waals surface area (Å²) in [4.78, 5) is 11.8. The van der Waals surface area contributed by atoms with E-state index in [4.69, 9.17) is 5.73 Å². The van der Waals surface area contributed by atoms with E-state index in [1.807, 2.05) is 18.2 Å². The van der Waals surface area contributed by atoms with Crippen LogP contribution in [0.1, 0.15) is 26.2 Å². The minimum absolute atomic E-state index is 0.0434. The Morgan fingerprint density at radius 3 is 2.72 bits per heavy atom. The SMILES string of the molecule is CC(CCN)CCC(=O)Nc1ccc(Br)cc1Br. The summed E-state index contributed by atoms with van der Waals surface area (Å²) in [5.41, 5.74) is 6.28. The Morgan fingerprint density at radius 2 is 2.11 bits per heavy atom. The predicted octanol–water partition coefficient (Wildman–Crippen LogP) is 3.92. The van der Waals surface area contributed by atoms with E-state index in [1.165, 1.54) is 0 Å². The zero-order valence-electron chi connectivity index (χ0n) is 10.4. The molecule has 0 fully saturated rings. The molecule has 0 aliphatic carbocycles. The van der Waals surface area contributed by atoms with Crippen molar-refractivity contribution in [3.63, 3.8) is 0 Å². The summed E-state index contributed by atoms with van der Waals surface area (Å²) in [5.74, 6) is 0.538. The minimum atomic E-state index is 0.0434. The molecule has 0 heterocycles. The van der Waals surface area contributed by atoms with Crippen molar-refractivity contribution < 1.29 is 4.79 Å². The van der Waals surface area contributed by atoms with Gasteiger partial charge in [-0.25, -0.2) is 0 Å². The van der Waals surface area contributed by atoms with Crippen LogP contribution < -0.4 is 11.1 Å².